The predicted octanol–water partition coefficient (Wildman–Crippen LogP) is 1.49. The minimum absolute atomic E-state index is 0.0354. The Hall–Kier alpha value is -1.47. The molecule has 0 radical (unpaired) electrons. The van der Waals surface area contributed by atoms with Gasteiger partial charge in [0.1, 0.15) is 0 Å². The highest BCUT2D eigenvalue weighted by molar-refractivity contribution is 5.80. The first-order chi connectivity index (χ1) is 9.81. The van der Waals surface area contributed by atoms with Crippen molar-refractivity contribution >= 4 is 11.9 Å². The van der Waals surface area contributed by atoms with Crippen LogP contribution in [-0.2, 0) is 4.79 Å². The maximum absolute atomic E-state index is 12.6. The lowest BCUT2D eigenvalue weighted by Crippen LogP contribution is -2.63. The van der Waals surface area contributed by atoms with Crippen LogP contribution in [0.25, 0.3) is 0 Å². The van der Waals surface area contributed by atoms with E-state index in [0.717, 1.165) is 0 Å². The molecule has 1 aliphatic heterocycles. The molecule has 0 aromatic carbocycles. The lowest BCUT2D eigenvalue weighted by molar-refractivity contribution is -0.185. The minimum atomic E-state index is -4.15. The van der Waals surface area contributed by atoms with Crippen LogP contribution >= 0.6 is 0 Å². The van der Waals surface area contributed by atoms with Gasteiger partial charge in [-0.25, -0.2) is 4.79 Å². The fourth-order valence-corrected chi connectivity index (χ4v) is 2.93. The van der Waals surface area contributed by atoms with Gasteiger partial charge in [-0.1, -0.05) is 0 Å². The van der Waals surface area contributed by atoms with Crippen LogP contribution in [0.2, 0.25) is 0 Å². The quantitative estimate of drug-likeness (QED) is 0.812. The van der Waals surface area contributed by atoms with Crippen molar-refractivity contribution in [2.45, 2.75) is 37.9 Å². The first kappa shape index (κ1) is 15.9. The zero-order valence-corrected chi connectivity index (χ0v) is 11.9. The Morgan fingerprint density at radius 3 is 2.14 bits per heavy atom. The second-order valence-corrected chi connectivity index (χ2v) is 5.75. The molecule has 3 amide bonds. The van der Waals surface area contributed by atoms with Crippen LogP contribution in [0.3, 0.4) is 0 Å². The lowest BCUT2D eigenvalue weighted by atomic mass is 9.80. The zero-order valence-electron chi connectivity index (χ0n) is 11.9. The third-order valence-corrected chi connectivity index (χ3v) is 4.29. The smallest absolute Gasteiger partial charge is 0.341 e. The van der Waals surface area contributed by atoms with Crippen LogP contribution < -0.4 is 10.6 Å². The normalized spacial score (nSPS) is 27.0. The highest BCUT2D eigenvalue weighted by Crippen LogP contribution is 2.40. The van der Waals surface area contributed by atoms with Gasteiger partial charge >= 0.3 is 12.2 Å². The molecule has 8 heteroatoms. The van der Waals surface area contributed by atoms with Crippen LogP contribution in [0.1, 0.15) is 25.7 Å². The Kier molecular flexibility index (Phi) is 4.63. The number of hydrogen-bond donors (Lipinski definition) is 2. The molecule has 2 N–H and O–H groups in total. The Morgan fingerprint density at radius 1 is 1.10 bits per heavy atom. The van der Waals surface area contributed by atoms with Gasteiger partial charge in [0.05, 0.1) is 12.0 Å². The zero-order chi connectivity index (χ0) is 15.6. The number of halogens is 3. The maximum Gasteiger partial charge on any atom is 0.391 e. The second-order valence-electron chi connectivity index (χ2n) is 5.75. The van der Waals surface area contributed by atoms with E-state index in [1.807, 2.05) is 0 Å². The third-order valence-electron chi connectivity index (χ3n) is 4.29. The monoisotopic (exact) mass is 307 g/mol. The number of hydrogen-bond acceptors (Lipinski definition) is 2. The highest BCUT2D eigenvalue weighted by atomic mass is 19.4. The molecular formula is C13H20F3N3O2. The van der Waals surface area contributed by atoms with E-state index in [2.05, 4.69) is 10.6 Å². The summed E-state index contributed by atoms with van der Waals surface area (Å²) in [6, 6.07) is -0.363. The summed E-state index contributed by atoms with van der Waals surface area (Å²) in [6.45, 7) is 0.872. The molecule has 0 spiro atoms. The van der Waals surface area contributed by atoms with E-state index in [1.54, 1.807) is 4.90 Å². The van der Waals surface area contributed by atoms with E-state index in [1.165, 1.54) is 7.05 Å². The Bertz CT molecular complexity index is 400. The van der Waals surface area contributed by atoms with Crippen LogP contribution in [-0.4, -0.2) is 49.2 Å². The van der Waals surface area contributed by atoms with E-state index < -0.39 is 12.1 Å². The van der Waals surface area contributed by atoms with Crippen LogP contribution in [0, 0.1) is 11.8 Å². The number of rotatable bonds is 2. The molecule has 0 aromatic rings. The molecule has 21 heavy (non-hydrogen) atoms. The summed E-state index contributed by atoms with van der Waals surface area (Å²) in [5, 5.41) is 5.12. The van der Waals surface area contributed by atoms with Gasteiger partial charge in [0, 0.05) is 26.1 Å². The van der Waals surface area contributed by atoms with Crippen LogP contribution in [0.5, 0.6) is 0 Å². The van der Waals surface area contributed by atoms with Crippen molar-refractivity contribution in [3.8, 4) is 0 Å². The van der Waals surface area contributed by atoms with Crippen LogP contribution in [0.15, 0.2) is 0 Å². The topological polar surface area (TPSA) is 61.4 Å². The number of likely N-dealkylation sites (tertiary alicyclic amines) is 1. The molecule has 0 bridgehead atoms. The van der Waals surface area contributed by atoms with Gasteiger partial charge in [0.15, 0.2) is 0 Å². The molecule has 5 nitrogen and oxygen atoms in total. The largest absolute Gasteiger partial charge is 0.391 e. The Morgan fingerprint density at radius 2 is 1.67 bits per heavy atom. The standard InChI is InChI=1S/C13H20F3N3O2/c1-17-12(21)18-10-6-19(7-10)11(20)8-2-4-9(5-3-8)13(14,15)16/h8-10H,2-7H2,1H3,(H2,17,18,21). The molecule has 0 atom stereocenters. The van der Waals surface area contributed by atoms with Gasteiger partial charge in [-0.2, -0.15) is 13.2 Å². The summed E-state index contributed by atoms with van der Waals surface area (Å²) < 4.78 is 37.7. The van der Waals surface area contributed by atoms with E-state index >= 15 is 0 Å². The summed E-state index contributed by atoms with van der Waals surface area (Å²) in [6.07, 6.45) is -3.48. The molecule has 0 unspecified atom stereocenters. The summed E-state index contributed by atoms with van der Waals surface area (Å²) in [4.78, 5) is 24.9. The molecule has 1 aliphatic carbocycles. The van der Waals surface area contributed by atoms with Gasteiger partial charge < -0.3 is 15.5 Å². The average molecular weight is 307 g/mol. The van der Waals surface area contributed by atoms with Crippen molar-refractivity contribution in [3.05, 3.63) is 0 Å². The minimum Gasteiger partial charge on any atom is -0.341 e. The van der Waals surface area contributed by atoms with Crippen molar-refractivity contribution in [1.82, 2.24) is 15.5 Å². The average Bonchev–Trinajstić information content (AvgIpc) is 2.40. The number of urea groups is 1. The molecule has 1 saturated carbocycles. The molecule has 2 fully saturated rings. The molecule has 2 aliphatic rings. The number of carbonyl (C=O) groups excluding carboxylic acids is 2. The molecule has 0 aromatic heterocycles. The first-order valence-electron chi connectivity index (χ1n) is 7.15. The van der Waals surface area contributed by atoms with Gasteiger partial charge in [0.25, 0.3) is 0 Å². The third kappa shape index (κ3) is 3.79. The summed E-state index contributed by atoms with van der Waals surface area (Å²) in [5.41, 5.74) is 0. The van der Waals surface area contributed by atoms with Gasteiger partial charge in [0.2, 0.25) is 5.91 Å². The SMILES string of the molecule is CNC(=O)NC1CN(C(=O)C2CCC(C(F)(F)F)CC2)C1. The Balaban J connectivity index is 1.73. The van der Waals surface area contributed by atoms with E-state index in [-0.39, 0.29) is 36.7 Å². The van der Waals surface area contributed by atoms with Crippen molar-refractivity contribution in [2.75, 3.05) is 20.1 Å². The van der Waals surface area contributed by atoms with Crippen molar-refractivity contribution in [2.24, 2.45) is 11.8 Å². The summed E-state index contributed by atoms with van der Waals surface area (Å²) in [7, 11) is 1.51. The molecular weight excluding hydrogens is 287 g/mol. The van der Waals surface area contributed by atoms with Crippen molar-refractivity contribution in [3.63, 3.8) is 0 Å². The van der Waals surface area contributed by atoms with Crippen molar-refractivity contribution < 1.29 is 22.8 Å². The molecule has 120 valence electrons. The van der Waals surface area contributed by atoms with Crippen molar-refractivity contribution in [1.29, 1.82) is 0 Å². The first-order valence-corrected chi connectivity index (χ1v) is 7.15. The summed E-state index contributed by atoms with van der Waals surface area (Å²) in [5.74, 6) is -1.64. The van der Waals surface area contributed by atoms with E-state index in [4.69, 9.17) is 0 Å². The molecule has 1 saturated heterocycles. The molecule has 1 heterocycles. The fourth-order valence-electron chi connectivity index (χ4n) is 2.93. The maximum atomic E-state index is 12.6. The van der Waals surface area contributed by atoms with Gasteiger partial charge in [-0.3, -0.25) is 4.79 Å². The lowest BCUT2D eigenvalue weighted by Gasteiger charge is -2.42. The molecule has 2 rings (SSSR count). The predicted molar refractivity (Wildman–Crippen MR) is 69.5 cm³/mol. The highest BCUT2D eigenvalue weighted by Gasteiger charge is 2.44. The summed E-state index contributed by atoms with van der Waals surface area (Å²) >= 11 is 0. The number of alkyl halides is 3. The number of carbonyl (C=O) groups is 2. The number of amides is 3. The van der Waals surface area contributed by atoms with E-state index in [0.29, 0.717) is 25.9 Å². The second kappa shape index (κ2) is 6.11. The fraction of sp³-hybridized carbons (Fsp3) is 0.846. The van der Waals surface area contributed by atoms with Gasteiger partial charge in [-0.15, -0.1) is 0 Å². The van der Waals surface area contributed by atoms with E-state index in [9.17, 15) is 22.8 Å². The van der Waals surface area contributed by atoms with Crippen LogP contribution in [0.4, 0.5) is 18.0 Å². The number of nitrogens with zero attached hydrogens (tertiary/aromatic N) is 1. The Labute approximate surface area is 121 Å². The number of nitrogens with one attached hydrogen (secondary N) is 2. The van der Waals surface area contributed by atoms with Gasteiger partial charge in [-0.05, 0) is 25.7 Å².